The van der Waals surface area contributed by atoms with Crippen molar-refractivity contribution < 1.29 is 14.5 Å². The van der Waals surface area contributed by atoms with Crippen LogP contribution in [0.3, 0.4) is 0 Å². The standard InChI is InChI=1S/C22H27N5O4/c23-21(28)17-6-4-12-26(15-17)13-5-11-24-22(29)16-9-10-19(20(14-16)27(30)31)25-18-7-2-1-3-8-18/h1-3,7-10,14,17,25H,4-6,11-13,15H2,(H2,23,28)(H,24,29). The molecule has 0 saturated carbocycles. The van der Waals surface area contributed by atoms with Crippen LogP contribution >= 0.6 is 0 Å². The van der Waals surface area contributed by atoms with Gasteiger partial charge in [0.1, 0.15) is 5.69 Å². The van der Waals surface area contributed by atoms with Gasteiger partial charge in [0.2, 0.25) is 5.91 Å². The van der Waals surface area contributed by atoms with Crippen LogP contribution in [0.1, 0.15) is 29.6 Å². The van der Waals surface area contributed by atoms with E-state index in [-0.39, 0.29) is 29.0 Å². The second-order valence-corrected chi connectivity index (χ2v) is 7.63. The van der Waals surface area contributed by atoms with Crippen molar-refractivity contribution in [1.82, 2.24) is 10.2 Å². The molecule has 1 saturated heterocycles. The van der Waals surface area contributed by atoms with Crippen molar-refractivity contribution in [1.29, 1.82) is 0 Å². The monoisotopic (exact) mass is 425 g/mol. The van der Waals surface area contributed by atoms with Gasteiger partial charge in [0.25, 0.3) is 11.6 Å². The maximum absolute atomic E-state index is 12.5. The van der Waals surface area contributed by atoms with E-state index in [2.05, 4.69) is 15.5 Å². The lowest BCUT2D eigenvalue weighted by molar-refractivity contribution is -0.383. The number of hydrogen-bond donors (Lipinski definition) is 3. The van der Waals surface area contributed by atoms with Gasteiger partial charge in [0, 0.05) is 30.4 Å². The molecule has 0 aliphatic carbocycles. The van der Waals surface area contributed by atoms with E-state index in [1.54, 1.807) is 18.2 Å². The topological polar surface area (TPSA) is 131 Å². The molecule has 9 heteroatoms. The molecule has 1 aliphatic rings. The van der Waals surface area contributed by atoms with Crippen LogP contribution in [-0.4, -0.2) is 47.8 Å². The van der Waals surface area contributed by atoms with Crippen LogP contribution in [0.5, 0.6) is 0 Å². The first-order valence-corrected chi connectivity index (χ1v) is 10.3. The Bertz CT molecular complexity index is 935. The maximum atomic E-state index is 12.5. The smallest absolute Gasteiger partial charge is 0.293 e. The van der Waals surface area contributed by atoms with Gasteiger partial charge in [0.05, 0.1) is 10.8 Å². The van der Waals surface area contributed by atoms with Crippen LogP contribution in [-0.2, 0) is 4.79 Å². The number of nitro benzene ring substituents is 1. The van der Waals surface area contributed by atoms with Gasteiger partial charge < -0.3 is 21.3 Å². The molecule has 0 bridgehead atoms. The highest BCUT2D eigenvalue weighted by Gasteiger charge is 2.23. The Balaban J connectivity index is 1.53. The molecular weight excluding hydrogens is 398 g/mol. The van der Waals surface area contributed by atoms with Crippen LogP contribution in [0.25, 0.3) is 0 Å². The Labute approximate surface area is 180 Å². The van der Waals surface area contributed by atoms with E-state index in [1.807, 2.05) is 18.2 Å². The van der Waals surface area contributed by atoms with E-state index in [1.165, 1.54) is 12.1 Å². The summed E-state index contributed by atoms with van der Waals surface area (Å²) in [5, 5.41) is 17.3. The van der Waals surface area contributed by atoms with Crippen LogP contribution in [0.15, 0.2) is 48.5 Å². The summed E-state index contributed by atoms with van der Waals surface area (Å²) in [6.45, 7) is 2.77. The number of nitro groups is 1. The van der Waals surface area contributed by atoms with E-state index in [4.69, 9.17) is 5.73 Å². The second kappa shape index (κ2) is 10.5. The number of carbonyl (C=O) groups excluding carboxylic acids is 2. The molecule has 2 aromatic rings. The molecule has 9 nitrogen and oxygen atoms in total. The van der Waals surface area contributed by atoms with Crippen molar-refractivity contribution in [3.05, 3.63) is 64.2 Å². The molecule has 31 heavy (non-hydrogen) atoms. The van der Waals surface area contributed by atoms with Crippen molar-refractivity contribution >= 4 is 28.9 Å². The highest BCUT2D eigenvalue weighted by molar-refractivity contribution is 5.95. The van der Waals surface area contributed by atoms with Gasteiger partial charge >= 0.3 is 0 Å². The average molecular weight is 425 g/mol. The molecule has 1 atom stereocenters. The third kappa shape index (κ3) is 6.26. The molecule has 1 heterocycles. The quantitative estimate of drug-likeness (QED) is 0.322. The van der Waals surface area contributed by atoms with Crippen LogP contribution < -0.4 is 16.4 Å². The molecule has 1 fully saturated rings. The van der Waals surface area contributed by atoms with Gasteiger partial charge in [0.15, 0.2) is 0 Å². The molecule has 1 aliphatic heterocycles. The van der Waals surface area contributed by atoms with Gasteiger partial charge in [-0.25, -0.2) is 0 Å². The van der Waals surface area contributed by atoms with Gasteiger partial charge in [-0.05, 0) is 56.6 Å². The summed E-state index contributed by atoms with van der Waals surface area (Å²) in [7, 11) is 0. The first-order valence-electron chi connectivity index (χ1n) is 10.3. The molecule has 164 valence electrons. The van der Waals surface area contributed by atoms with Crippen molar-refractivity contribution in [2.24, 2.45) is 11.7 Å². The number of primary amides is 1. The number of para-hydroxylation sites is 1. The number of benzene rings is 2. The number of carbonyl (C=O) groups is 2. The lowest BCUT2D eigenvalue weighted by atomic mass is 9.97. The zero-order valence-corrected chi connectivity index (χ0v) is 17.3. The van der Waals surface area contributed by atoms with E-state index in [9.17, 15) is 19.7 Å². The Kier molecular flexibility index (Phi) is 7.55. The fourth-order valence-corrected chi connectivity index (χ4v) is 3.70. The molecule has 2 amide bonds. The van der Waals surface area contributed by atoms with E-state index < -0.39 is 4.92 Å². The van der Waals surface area contributed by atoms with E-state index >= 15 is 0 Å². The van der Waals surface area contributed by atoms with Gasteiger partial charge in [-0.3, -0.25) is 19.7 Å². The molecule has 3 rings (SSSR count). The summed E-state index contributed by atoms with van der Waals surface area (Å²) in [4.78, 5) is 37.0. The number of amides is 2. The fourth-order valence-electron chi connectivity index (χ4n) is 3.70. The molecule has 4 N–H and O–H groups in total. The molecular formula is C22H27N5O4. The van der Waals surface area contributed by atoms with E-state index in [0.717, 1.165) is 31.6 Å². The Morgan fingerprint density at radius 2 is 1.97 bits per heavy atom. The third-order valence-corrected chi connectivity index (χ3v) is 5.35. The molecule has 0 spiro atoms. The molecule has 2 aromatic carbocycles. The van der Waals surface area contributed by atoms with Crippen LogP contribution in [0.4, 0.5) is 17.1 Å². The van der Waals surface area contributed by atoms with Crippen molar-refractivity contribution in [3.8, 4) is 0 Å². The predicted molar refractivity (Wildman–Crippen MR) is 118 cm³/mol. The van der Waals surface area contributed by atoms with Crippen LogP contribution in [0, 0.1) is 16.0 Å². The summed E-state index contributed by atoms with van der Waals surface area (Å²) in [6, 6.07) is 13.5. The summed E-state index contributed by atoms with van der Waals surface area (Å²) in [5.74, 6) is -0.722. The highest BCUT2D eigenvalue weighted by Crippen LogP contribution is 2.28. The summed E-state index contributed by atoms with van der Waals surface area (Å²) >= 11 is 0. The zero-order valence-electron chi connectivity index (χ0n) is 17.3. The largest absolute Gasteiger partial charge is 0.369 e. The summed E-state index contributed by atoms with van der Waals surface area (Å²) < 4.78 is 0. The number of piperidine rings is 1. The summed E-state index contributed by atoms with van der Waals surface area (Å²) in [5.41, 5.74) is 6.51. The highest BCUT2D eigenvalue weighted by atomic mass is 16.6. The molecule has 1 unspecified atom stereocenters. The van der Waals surface area contributed by atoms with Crippen LogP contribution in [0.2, 0.25) is 0 Å². The normalized spacial score (nSPS) is 16.5. The van der Waals surface area contributed by atoms with Gasteiger partial charge in [-0.2, -0.15) is 0 Å². The van der Waals surface area contributed by atoms with E-state index in [0.29, 0.717) is 25.2 Å². The minimum atomic E-state index is -0.506. The number of likely N-dealkylation sites (tertiary alicyclic amines) is 1. The number of hydrogen-bond acceptors (Lipinski definition) is 6. The average Bonchev–Trinajstić information content (AvgIpc) is 2.77. The first kappa shape index (κ1) is 22.2. The van der Waals surface area contributed by atoms with Crippen molar-refractivity contribution in [3.63, 3.8) is 0 Å². The number of nitrogens with zero attached hydrogens (tertiary/aromatic N) is 2. The molecule has 0 aromatic heterocycles. The lowest BCUT2D eigenvalue weighted by Gasteiger charge is -2.31. The Morgan fingerprint density at radius 3 is 2.68 bits per heavy atom. The Hall–Kier alpha value is -3.46. The van der Waals surface area contributed by atoms with Crippen molar-refractivity contribution in [2.45, 2.75) is 19.3 Å². The molecule has 0 radical (unpaired) electrons. The van der Waals surface area contributed by atoms with Gasteiger partial charge in [-0.1, -0.05) is 18.2 Å². The number of nitrogens with two attached hydrogens (primary N) is 1. The van der Waals surface area contributed by atoms with Crippen molar-refractivity contribution in [2.75, 3.05) is 31.5 Å². The first-order chi connectivity index (χ1) is 14.9. The third-order valence-electron chi connectivity index (χ3n) is 5.35. The number of nitrogens with one attached hydrogen (secondary N) is 2. The minimum Gasteiger partial charge on any atom is -0.369 e. The zero-order chi connectivity index (χ0) is 22.2. The number of rotatable bonds is 9. The number of anilines is 2. The summed E-state index contributed by atoms with van der Waals surface area (Å²) in [6.07, 6.45) is 2.48. The lowest BCUT2D eigenvalue weighted by Crippen LogP contribution is -2.42. The Morgan fingerprint density at radius 1 is 1.19 bits per heavy atom. The fraction of sp³-hybridized carbons (Fsp3) is 0.364. The SMILES string of the molecule is NC(=O)C1CCCN(CCCNC(=O)c2ccc(Nc3ccccc3)c([N+](=O)[O-])c2)C1. The predicted octanol–water partition coefficient (Wildman–Crippen LogP) is 2.66. The minimum absolute atomic E-state index is 0.105. The van der Waals surface area contributed by atoms with Gasteiger partial charge in [-0.15, -0.1) is 0 Å². The maximum Gasteiger partial charge on any atom is 0.293 e. The second-order valence-electron chi connectivity index (χ2n) is 7.63.